The van der Waals surface area contributed by atoms with Gasteiger partial charge in [-0.05, 0) is 12.8 Å². The third kappa shape index (κ3) is 8.60. The molecule has 0 radical (unpaired) electrons. The van der Waals surface area contributed by atoms with Gasteiger partial charge < -0.3 is 0 Å². The zero-order valence-corrected chi connectivity index (χ0v) is 15.4. The van der Waals surface area contributed by atoms with E-state index in [9.17, 15) is 0 Å². The van der Waals surface area contributed by atoms with Gasteiger partial charge >= 0.3 is 0 Å². The molecule has 0 fully saturated rings. The Morgan fingerprint density at radius 3 is 1.64 bits per heavy atom. The first-order valence-electron chi connectivity index (χ1n) is 9.77. The summed E-state index contributed by atoms with van der Waals surface area (Å²) in [5.41, 5.74) is 0. The number of hydrogen-bond donors (Lipinski definition) is 0. The first kappa shape index (κ1) is 19.3. The molecule has 0 aliphatic rings. The van der Waals surface area contributed by atoms with Crippen LogP contribution in [0.15, 0.2) is 12.4 Å². The lowest BCUT2D eigenvalue weighted by atomic mass is 10.0. The van der Waals surface area contributed by atoms with E-state index >= 15 is 0 Å². The minimum absolute atomic E-state index is 1.18. The van der Waals surface area contributed by atoms with Crippen molar-refractivity contribution in [3.05, 3.63) is 18.2 Å². The molecular weight excluding hydrogens is 268 g/mol. The molecule has 22 heavy (non-hydrogen) atoms. The minimum Gasteiger partial charge on any atom is -0.237 e. The van der Waals surface area contributed by atoms with Crippen molar-refractivity contribution in [3.63, 3.8) is 0 Å². The highest BCUT2D eigenvalue weighted by molar-refractivity contribution is 4.78. The van der Waals surface area contributed by atoms with Crippen LogP contribution in [0, 0.1) is 6.92 Å². The van der Waals surface area contributed by atoms with Crippen LogP contribution in [0.5, 0.6) is 0 Å². The molecule has 0 amide bonds. The second-order valence-corrected chi connectivity index (χ2v) is 6.89. The lowest BCUT2D eigenvalue weighted by molar-refractivity contribution is -0.677. The second kappa shape index (κ2) is 12.7. The van der Waals surface area contributed by atoms with E-state index in [1.54, 1.807) is 0 Å². The predicted octanol–water partition coefficient (Wildman–Crippen LogP) is 5.71. The highest BCUT2D eigenvalue weighted by Crippen LogP contribution is 2.12. The highest BCUT2D eigenvalue weighted by atomic mass is 15.1. The van der Waals surface area contributed by atoms with Gasteiger partial charge in [-0.25, -0.2) is 9.13 Å². The quantitative estimate of drug-likeness (QED) is 0.307. The van der Waals surface area contributed by atoms with Crippen molar-refractivity contribution in [1.82, 2.24) is 4.57 Å². The van der Waals surface area contributed by atoms with E-state index < -0.39 is 0 Å². The molecular formula is C20H39N2+. The Kier molecular flexibility index (Phi) is 11.1. The van der Waals surface area contributed by atoms with E-state index in [1.807, 2.05) is 0 Å². The van der Waals surface area contributed by atoms with Crippen molar-refractivity contribution in [1.29, 1.82) is 0 Å². The van der Waals surface area contributed by atoms with E-state index in [2.05, 4.69) is 42.4 Å². The number of imidazole rings is 1. The number of aryl methyl sites for hydroxylation is 2. The lowest BCUT2D eigenvalue weighted by Crippen LogP contribution is -2.29. The van der Waals surface area contributed by atoms with Gasteiger partial charge in [-0.2, -0.15) is 0 Å². The summed E-state index contributed by atoms with van der Waals surface area (Å²) in [7, 11) is 2.12. The van der Waals surface area contributed by atoms with Crippen molar-refractivity contribution in [2.75, 3.05) is 0 Å². The van der Waals surface area contributed by atoms with Gasteiger partial charge in [0.2, 0.25) is 0 Å². The topological polar surface area (TPSA) is 8.81 Å². The molecule has 1 heterocycles. The molecule has 128 valence electrons. The molecule has 0 aliphatic heterocycles. The molecule has 1 rings (SSSR count). The molecule has 0 saturated heterocycles. The normalized spacial score (nSPS) is 11.2. The Morgan fingerprint density at radius 1 is 0.773 bits per heavy atom. The van der Waals surface area contributed by atoms with Crippen molar-refractivity contribution >= 4 is 0 Å². The van der Waals surface area contributed by atoms with Crippen LogP contribution in [0.25, 0.3) is 0 Å². The Morgan fingerprint density at radius 2 is 1.23 bits per heavy atom. The van der Waals surface area contributed by atoms with E-state index in [-0.39, 0.29) is 0 Å². The third-order valence-electron chi connectivity index (χ3n) is 4.90. The number of hydrogen-bond acceptors (Lipinski definition) is 0. The molecule has 1 aromatic heterocycles. The van der Waals surface area contributed by atoms with Gasteiger partial charge in [0.25, 0.3) is 5.82 Å². The summed E-state index contributed by atoms with van der Waals surface area (Å²) in [5.74, 6) is 1.36. The van der Waals surface area contributed by atoms with Crippen LogP contribution in [0.3, 0.4) is 0 Å². The summed E-state index contributed by atoms with van der Waals surface area (Å²) >= 11 is 0. The maximum absolute atomic E-state index is 2.37. The highest BCUT2D eigenvalue weighted by Gasteiger charge is 2.07. The molecule has 0 saturated carbocycles. The van der Waals surface area contributed by atoms with E-state index in [0.29, 0.717) is 0 Å². The molecule has 0 unspecified atom stereocenters. The summed E-state index contributed by atoms with van der Waals surface area (Å²) < 4.78 is 4.57. The monoisotopic (exact) mass is 307 g/mol. The first-order valence-corrected chi connectivity index (χ1v) is 9.77. The molecule has 0 atom stereocenters. The average molecular weight is 308 g/mol. The zero-order chi connectivity index (χ0) is 16.0. The average Bonchev–Trinajstić information content (AvgIpc) is 2.84. The summed E-state index contributed by atoms with van der Waals surface area (Å²) in [6, 6.07) is 0. The standard InChI is InChI=1S/C20H39N2/c1-4-5-6-7-8-9-10-11-12-13-14-15-16-17-22-19-18-21(3)20(22)2/h18-19H,4-17H2,1-3H3/q+1. The SMILES string of the molecule is CCCCCCCCCCCCCCCn1cc[n+](C)c1C. The summed E-state index contributed by atoms with van der Waals surface area (Å²) in [6.07, 6.45) is 22.9. The number of aromatic nitrogens is 2. The molecule has 0 aliphatic carbocycles. The fourth-order valence-corrected chi connectivity index (χ4v) is 3.14. The Balaban J connectivity index is 1.81. The van der Waals surface area contributed by atoms with Crippen LogP contribution in [0.4, 0.5) is 0 Å². The molecule has 0 spiro atoms. The Bertz CT molecular complexity index is 368. The fourth-order valence-electron chi connectivity index (χ4n) is 3.14. The molecule has 1 aromatic rings. The van der Waals surface area contributed by atoms with Crippen LogP contribution in [-0.4, -0.2) is 4.57 Å². The lowest BCUT2D eigenvalue weighted by Gasteiger charge is -2.03. The van der Waals surface area contributed by atoms with E-state index in [0.717, 1.165) is 0 Å². The molecule has 0 N–H and O–H groups in total. The van der Waals surface area contributed by atoms with Crippen molar-refractivity contribution in [3.8, 4) is 0 Å². The molecule has 0 bridgehead atoms. The van der Waals surface area contributed by atoms with Crippen LogP contribution < -0.4 is 4.57 Å². The van der Waals surface area contributed by atoms with Gasteiger partial charge in [0.1, 0.15) is 12.4 Å². The largest absolute Gasteiger partial charge is 0.253 e. The van der Waals surface area contributed by atoms with Gasteiger partial charge in [0.05, 0.1) is 13.6 Å². The van der Waals surface area contributed by atoms with Gasteiger partial charge in [-0.15, -0.1) is 0 Å². The van der Waals surface area contributed by atoms with Gasteiger partial charge in [-0.1, -0.05) is 77.6 Å². The third-order valence-corrected chi connectivity index (χ3v) is 4.90. The van der Waals surface area contributed by atoms with Crippen LogP contribution in [-0.2, 0) is 13.6 Å². The number of rotatable bonds is 14. The maximum atomic E-state index is 2.37. The molecule has 2 nitrogen and oxygen atoms in total. The van der Waals surface area contributed by atoms with Crippen LogP contribution in [0.2, 0.25) is 0 Å². The summed E-state index contributed by atoms with van der Waals surface area (Å²) in [5, 5.41) is 0. The van der Waals surface area contributed by atoms with Gasteiger partial charge in [0, 0.05) is 6.92 Å². The molecule has 0 aromatic carbocycles. The minimum atomic E-state index is 1.18. The van der Waals surface area contributed by atoms with E-state index in [1.165, 1.54) is 95.8 Å². The zero-order valence-electron chi connectivity index (χ0n) is 15.4. The first-order chi connectivity index (χ1) is 10.8. The maximum Gasteiger partial charge on any atom is 0.253 e. The second-order valence-electron chi connectivity index (χ2n) is 6.89. The van der Waals surface area contributed by atoms with Crippen LogP contribution >= 0.6 is 0 Å². The number of nitrogens with zero attached hydrogens (tertiary/aromatic N) is 2. The van der Waals surface area contributed by atoms with Gasteiger partial charge in [0.15, 0.2) is 0 Å². The van der Waals surface area contributed by atoms with E-state index in [4.69, 9.17) is 0 Å². The van der Waals surface area contributed by atoms with Crippen molar-refractivity contribution < 1.29 is 4.57 Å². The smallest absolute Gasteiger partial charge is 0.237 e. The van der Waals surface area contributed by atoms with Crippen LogP contribution in [0.1, 0.15) is 96.2 Å². The Hall–Kier alpha value is -0.790. The van der Waals surface area contributed by atoms with Crippen molar-refractivity contribution in [2.24, 2.45) is 7.05 Å². The van der Waals surface area contributed by atoms with Gasteiger partial charge in [-0.3, -0.25) is 0 Å². The number of unbranched alkanes of at least 4 members (excludes halogenated alkanes) is 12. The fraction of sp³-hybridized carbons (Fsp3) is 0.850. The Labute approximate surface area is 138 Å². The van der Waals surface area contributed by atoms with Crippen molar-refractivity contribution in [2.45, 2.75) is 104 Å². The molecule has 2 heteroatoms. The summed E-state index contributed by atoms with van der Waals surface area (Å²) in [4.78, 5) is 0. The predicted molar refractivity (Wildman–Crippen MR) is 96.0 cm³/mol. The summed E-state index contributed by atoms with van der Waals surface area (Å²) in [6.45, 7) is 5.67.